The Balaban J connectivity index is 0.00000200. The van der Waals surface area contributed by atoms with Crippen molar-refractivity contribution in [3.8, 4) is 0 Å². The molecule has 7 heteroatoms. The molecule has 1 aliphatic rings. The largest absolute Gasteiger partial charge is 0.465 e. The van der Waals surface area contributed by atoms with E-state index in [1.807, 2.05) is 0 Å². The molecular formula is C13H20ClN3O3. The summed E-state index contributed by atoms with van der Waals surface area (Å²) in [7, 11) is 1.36. The molecule has 6 nitrogen and oxygen atoms in total. The van der Waals surface area contributed by atoms with Gasteiger partial charge in [-0.25, -0.2) is 9.78 Å². The number of carbonyl (C=O) groups excluding carboxylic acids is 1. The molecule has 1 aromatic rings. The number of hydrogen-bond acceptors (Lipinski definition) is 6. The lowest BCUT2D eigenvalue weighted by molar-refractivity contribution is 0.0601. The molecule has 0 spiro atoms. The third-order valence-corrected chi connectivity index (χ3v) is 2.98. The minimum absolute atomic E-state index is 0. The van der Waals surface area contributed by atoms with E-state index in [0.29, 0.717) is 30.5 Å². The highest BCUT2D eigenvalue weighted by Crippen LogP contribution is 2.13. The predicted molar refractivity (Wildman–Crippen MR) is 78.5 cm³/mol. The second-order valence-corrected chi connectivity index (χ2v) is 4.42. The van der Waals surface area contributed by atoms with Crippen LogP contribution in [0.5, 0.6) is 0 Å². The van der Waals surface area contributed by atoms with Gasteiger partial charge < -0.3 is 20.1 Å². The molecule has 1 saturated heterocycles. The topological polar surface area (TPSA) is 72.5 Å². The van der Waals surface area contributed by atoms with Crippen molar-refractivity contribution < 1.29 is 14.3 Å². The lowest BCUT2D eigenvalue weighted by Gasteiger charge is -2.16. The number of pyridine rings is 1. The molecule has 2 heterocycles. The first kappa shape index (κ1) is 16.7. The van der Waals surface area contributed by atoms with Crippen molar-refractivity contribution in [3.63, 3.8) is 0 Å². The quantitative estimate of drug-likeness (QED) is 0.807. The number of nitrogens with one attached hydrogen (secondary N) is 2. The average Bonchev–Trinajstić information content (AvgIpc) is 2.73. The minimum Gasteiger partial charge on any atom is -0.465 e. The molecule has 20 heavy (non-hydrogen) atoms. The van der Waals surface area contributed by atoms with E-state index in [2.05, 4.69) is 15.6 Å². The number of methoxy groups -OCH3 is 1. The molecule has 1 unspecified atom stereocenters. The zero-order valence-electron chi connectivity index (χ0n) is 11.4. The Morgan fingerprint density at radius 1 is 1.65 bits per heavy atom. The Kier molecular flexibility index (Phi) is 7.28. The highest BCUT2D eigenvalue weighted by atomic mass is 35.5. The smallest absolute Gasteiger partial charge is 0.341 e. The first-order valence-corrected chi connectivity index (χ1v) is 6.37. The van der Waals surface area contributed by atoms with E-state index in [9.17, 15) is 4.79 Å². The lowest BCUT2D eigenvalue weighted by atomic mass is 10.1. The van der Waals surface area contributed by atoms with Crippen molar-refractivity contribution in [2.75, 3.05) is 45.3 Å². The second-order valence-electron chi connectivity index (χ2n) is 4.42. The third-order valence-electron chi connectivity index (χ3n) is 2.98. The van der Waals surface area contributed by atoms with Crippen LogP contribution in [0.25, 0.3) is 0 Å². The van der Waals surface area contributed by atoms with Crippen LogP contribution in [0.4, 0.5) is 5.82 Å². The van der Waals surface area contributed by atoms with Crippen molar-refractivity contribution in [3.05, 3.63) is 23.9 Å². The maximum atomic E-state index is 11.6. The molecule has 0 aliphatic carbocycles. The van der Waals surface area contributed by atoms with Crippen molar-refractivity contribution in [1.82, 2.24) is 10.3 Å². The summed E-state index contributed by atoms with van der Waals surface area (Å²) in [4.78, 5) is 15.8. The molecule has 0 bridgehead atoms. The standard InChI is InChI=1S/C13H19N3O3.ClH/c1-18-13(17)11-3-2-4-15-12(11)16-8-10-7-14-5-6-19-9-10;/h2-4,10,14H,5-9H2,1H3,(H,15,16);1H. The number of halogens is 1. The molecule has 0 amide bonds. The van der Waals surface area contributed by atoms with Gasteiger partial charge in [-0.05, 0) is 12.1 Å². The van der Waals surface area contributed by atoms with Crippen LogP contribution in [-0.2, 0) is 9.47 Å². The van der Waals surface area contributed by atoms with Gasteiger partial charge in [0.1, 0.15) is 11.4 Å². The Bertz CT molecular complexity index is 423. The maximum Gasteiger partial charge on any atom is 0.341 e. The Morgan fingerprint density at radius 3 is 3.30 bits per heavy atom. The molecule has 1 aromatic heterocycles. The second kappa shape index (κ2) is 8.73. The Morgan fingerprint density at radius 2 is 2.50 bits per heavy atom. The van der Waals surface area contributed by atoms with E-state index in [4.69, 9.17) is 9.47 Å². The van der Waals surface area contributed by atoms with Gasteiger partial charge in [0.05, 0.1) is 20.3 Å². The normalized spacial score (nSPS) is 18.6. The van der Waals surface area contributed by atoms with Gasteiger partial charge in [-0.2, -0.15) is 0 Å². The van der Waals surface area contributed by atoms with E-state index >= 15 is 0 Å². The van der Waals surface area contributed by atoms with E-state index in [-0.39, 0.29) is 18.4 Å². The zero-order valence-corrected chi connectivity index (χ0v) is 12.2. The fourth-order valence-electron chi connectivity index (χ4n) is 1.95. The molecule has 1 aliphatic heterocycles. The first-order chi connectivity index (χ1) is 9.31. The average molecular weight is 302 g/mol. The van der Waals surface area contributed by atoms with Crippen LogP contribution in [0.15, 0.2) is 18.3 Å². The van der Waals surface area contributed by atoms with Crippen LogP contribution in [-0.4, -0.2) is 50.9 Å². The highest BCUT2D eigenvalue weighted by molar-refractivity contribution is 5.94. The SMILES string of the molecule is COC(=O)c1cccnc1NCC1CNCCOC1.Cl. The number of rotatable bonds is 4. The van der Waals surface area contributed by atoms with Gasteiger partial charge in [0.25, 0.3) is 0 Å². The van der Waals surface area contributed by atoms with E-state index in [1.54, 1.807) is 18.3 Å². The highest BCUT2D eigenvalue weighted by Gasteiger charge is 2.15. The zero-order chi connectivity index (χ0) is 13.5. The molecular weight excluding hydrogens is 282 g/mol. The van der Waals surface area contributed by atoms with Crippen molar-refractivity contribution in [1.29, 1.82) is 0 Å². The summed E-state index contributed by atoms with van der Waals surface area (Å²) in [6.45, 7) is 3.93. The number of nitrogens with zero attached hydrogens (tertiary/aromatic N) is 1. The summed E-state index contributed by atoms with van der Waals surface area (Å²) in [6.07, 6.45) is 1.65. The summed E-state index contributed by atoms with van der Waals surface area (Å²) < 4.78 is 10.2. The van der Waals surface area contributed by atoms with Gasteiger partial charge in [-0.3, -0.25) is 0 Å². The van der Waals surface area contributed by atoms with Gasteiger partial charge in [0.2, 0.25) is 0 Å². The summed E-state index contributed by atoms with van der Waals surface area (Å²) in [5, 5.41) is 6.50. The fraction of sp³-hybridized carbons (Fsp3) is 0.538. The van der Waals surface area contributed by atoms with Crippen LogP contribution in [0, 0.1) is 5.92 Å². The summed E-state index contributed by atoms with van der Waals surface area (Å²) in [5.41, 5.74) is 0.451. The monoisotopic (exact) mass is 301 g/mol. The molecule has 112 valence electrons. The van der Waals surface area contributed by atoms with Crippen molar-refractivity contribution >= 4 is 24.2 Å². The molecule has 0 aromatic carbocycles. The number of aromatic nitrogens is 1. The minimum atomic E-state index is -0.383. The molecule has 1 atom stereocenters. The lowest BCUT2D eigenvalue weighted by Crippen LogP contribution is -2.28. The number of esters is 1. The van der Waals surface area contributed by atoms with Gasteiger partial charge in [0, 0.05) is 31.7 Å². The van der Waals surface area contributed by atoms with Crippen molar-refractivity contribution in [2.45, 2.75) is 0 Å². The van der Waals surface area contributed by atoms with Crippen molar-refractivity contribution in [2.24, 2.45) is 5.92 Å². The third kappa shape index (κ3) is 4.63. The Labute approximate surface area is 124 Å². The van der Waals surface area contributed by atoms with Gasteiger partial charge >= 0.3 is 5.97 Å². The van der Waals surface area contributed by atoms with Gasteiger partial charge in [0.15, 0.2) is 0 Å². The summed E-state index contributed by atoms with van der Waals surface area (Å²) in [6, 6.07) is 3.41. The van der Waals surface area contributed by atoms with Crippen LogP contribution in [0.1, 0.15) is 10.4 Å². The van der Waals surface area contributed by atoms with E-state index in [0.717, 1.165) is 19.7 Å². The van der Waals surface area contributed by atoms with Gasteiger partial charge in [-0.1, -0.05) is 0 Å². The van der Waals surface area contributed by atoms with Crippen LogP contribution < -0.4 is 10.6 Å². The van der Waals surface area contributed by atoms with Crippen LogP contribution >= 0.6 is 12.4 Å². The summed E-state index contributed by atoms with van der Waals surface area (Å²) in [5.74, 6) is 0.527. The number of carbonyl (C=O) groups is 1. The van der Waals surface area contributed by atoms with Crippen LogP contribution in [0.2, 0.25) is 0 Å². The molecule has 0 saturated carbocycles. The molecule has 0 radical (unpaired) electrons. The summed E-state index contributed by atoms with van der Waals surface area (Å²) >= 11 is 0. The Hall–Kier alpha value is -1.37. The molecule has 2 rings (SSSR count). The molecule has 2 N–H and O–H groups in total. The first-order valence-electron chi connectivity index (χ1n) is 6.37. The predicted octanol–water partition coefficient (Wildman–Crippen LogP) is 0.938. The van der Waals surface area contributed by atoms with E-state index < -0.39 is 0 Å². The van der Waals surface area contributed by atoms with Gasteiger partial charge in [-0.15, -0.1) is 12.4 Å². The molecule has 1 fully saturated rings. The maximum absolute atomic E-state index is 11.6. The van der Waals surface area contributed by atoms with Crippen LogP contribution in [0.3, 0.4) is 0 Å². The number of ether oxygens (including phenoxy) is 2. The van der Waals surface area contributed by atoms with E-state index in [1.165, 1.54) is 7.11 Å². The number of anilines is 1. The number of hydrogen-bond donors (Lipinski definition) is 2. The fourth-order valence-corrected chi connectivity index (χ4v) is 1.95.